The number of thioether (sulfide) groups is 1. The van der Waals surface area contributed by atoms with E-state index in [1.807, 2.05) is 13.0 Å². The van der Waals surface area contributed by atoms with Crippen LogP contribution < -0.4 is 4.72 Å². The monoisotopic (exact) mass is 456 g/mol. The average molecular weight is 457 g/mol. The Morgan fingerprint density at radius 2 is 2.11 bits per heavy atom. The molecule has 158 valence electrons. The van der Waals surface area contributed by atoms with Crippen molar-refractivity contribution in [3.05, 3.63) is 28.8 Å². The van der Waals surface area contributed by atoms with Crippen LogP contribution in [-0.4, -0.2) is 32.7 Å². The van der Waals surface area contributed by atoms with E-state index in [1.54, 1.807) is 11.8 Å². The molecule has 28 heavy (non-hydrogen) atoms. The zero-order valence-electron chi connectivity index (χ0n) is 15.3. The van der Waals surface area contributed by atoms with Gasteiger partial charge in [-0.3, -0.25) is 0 Å². The molecule has 8 unspecified atom stereocenters. The van der Waals surface area contributed by atoms with Gasteiger partial charge in [-0.25, -0.2) is 0 Å². The normalized spacial score (nSPS) is 41.6. The topological polar surface area (TPSA) is 61.7 Å². The number of nitrogens with one attached hydrogen (secondary N) is 1. The second kappa shape index (κ2) is 9.18. The zero-order chi connectivity index (χ0) is 20.5. The average Bonchev–Trinajstić information content (AvgIpc) is 3.00. The van der Waals surface area contributed by atoms with Crippen LogP contribution in [0.2, 0.25) is 0 Å². The maximum absolute atomic E-state index is 12.8. The highest BCUT2D eigenvalue weighted by Crippen LogP contribution is 2.50. The number of hydrogen-bond acceptors (Lipinski definition) is 6. The molecule has 3 rings (SSSR count). The Morgan fingerprint density at radius 1 is 1.36 bits per heavy atom. The highest BCUT2D eigenvalue weighted by Gasteiger charge is 2.45. The van der Waals surface area contributed by atoms with Crippen molar-refractivity contribution in [2.24, 2.45) is 28.8 Å². The summed E-state index contributed by atoms with van der Waals surface area (Å²) in [6.07, 6.45) is 1.22. The number of rotatable bonds is 5. The third-order valence-electron chi connectivity index (χ3n) is 5.80. The Bertz CT molecular complexity index is 634. The molecule has 1 fully saturated rings. The molecule has 3 aliphatic rings. The molecule has 2 aliphatic carbocycles. The summed E-state index contributed by atoms with van der Waals surface area (Å²) in [5.41, 5.74) is 0.629. The van der Waals surface area contributed by atoms with Gasteiger partial charge in [0.05, 0.1) is 27.4 Å². The second-order valence-corrected chi connectivity index (χ2v) is 11.1. The second-order valence-electron chi connectivity index (χ2n) is 7.74. The van der Waals surface area contributed by atoms with Gasteiger partial charge < -0.3 is 9.83 Å². The Kier molecular flexibility index (Phi) is 7.32. The number of nitrogens with zero attached hydrogens (tertiary/aromatic N) is 1. The lowest BCUT2D eigenvalue weighted by Crippen LogP contribution is -2.37. The van der Waals surface area contributed by atoms with E-state index in [2.05, 4.69) is 16.0 Å². The summed E-state index contributed by atoms with van der Waals surface area (Å²) in [6.45, 7) is 1.98. The minimum absolute atomic E-state index is 0.0295. The summed E-state index contributed by atoms with van der Waals surface area (Å²) in [5, 5.41) is 13.1. The number of aliphatic hydroxyl groups is 1. The molecule has 4 nitrogen and oxygen atoms in total. The van der Waals surface area contributed by atoms with Crippen LogP contribution in [0.1, 0.15) is 32.6 Å². The van der Waals surface area contributed by atoms with E-state index in [4.69, 9.17) is 11.6 Å². The number of aliphatic hydroxyl groups excluding tert-OH is 1. The van der Waals surface area contributed by atoms with Crippen molar-refractivity contribution in [2.45, 2.75) is 60.2 Å². The maximum atomic E-state index is 12.8. The molecule has 0 amide bonds. The van der Waals surface area contributed by atoms with Gasteiger partial charge in [0.25, 0.3) is 0 Å². The molecule has 8 atom stereocenters. The molecule has 0 saturated carbocycles. The molecule has 0 aromatic rings. The first-order valence-electron chi connectivity index (χ1n) is 9.34. The quantitative estimate of drug-likeness (QED) is 0.250. The molecule has 0 bridgehead atoms. The fourth-order valence-corrected chi connectivity index (χ4v) is 7.48. The standard InChI is InChI=1S/C18H24ClF3N2O2S2/c1-9-2-3-10(6-14(9)23-26)12-8-16(27-17(12)19)28-24-11-4-5-13(15(25)7-11)18(20,21)22/h2-4,9-10,12-17,24-25H,5-8H2,1H3. The molecule has 0 aromatic heterocycles. The summed E-state index contributed by atoms with van der Waals surface area (Å²) in [5.74, 6) is -1.11. The van der Waals surface area contributed by atoms with Crippen LogP contribution in [0.25, 0.3) is 0 Å². The van der Waals surface area contributed by atoms with E-state index in [1.165, 1.54) is 18.0 Å². The lowest BCUT2D eigenvalue weighted by atomic mass is 9.78. The van der Waals surface area contributed by atoms with Gasteiger partial charge in [-0.05, 0) is 49.0 Å². The Hall–Kier alpha value is -0.380. The molecule has 1 aliphatic heterocycles. The van der Waals surface area contributed by atoms with Crippen LogP contribution in [0.5, 0.6) is 0 Å². The fourth-order valence-electron chi connectivity index (χ4n) is 4.00. The summed E-state index contributed by atoms with van der Waals surface area (Å²) in [4.78, 5) is 11.0. The summed E-state index contributed by atoms with van der Waals surface area (Å²) >= 11 is 9.61. The van der Waals surface area contributed by atoms with E-state index >= 15 is 0 Å². The molecule has 1 heterocycles. The number of hydrogen-bond donors (Lipinski definition) is 2. The summed E-state index contributed by atoms with van der Waals surface area (Å²) in [7, 11) is 0. The number of alkyl halides is 4. The van der Waals surface area contributed by atoms with Crippen molar-refractivity contribution in [1.82, 2.24) is 4.72 Å². The van der Waals surface area contributed by atoms with Gasteiger partial charge in [0.15, 0.2) is 0 Å². The van der Waals surface area contributed by atoms with Crippen molar-refractivity contribution in [2.75, 3.05) is 0 Å². The minimum Gasteiger partial charge on any atom is -0.392 e. The largest absolute Gasteiger partial charge is 0.394 e. The van der Waals surface area contributed by atoms with E-state index in [0.29, 0.717) is 12.1 Å². The highest BCUT2D eigenvalue weighted by atomic mass is 35.5. The lowest BCUT2D eigenvalue weighted by Gasteiger charge is -2.30. The van der Waals surface area contributed by atoms with Crippen LogP contribution >= 0.6 is 35.3 Å². The predicted molar refractivity (Wildman–Crippen MR) is 109 cm³/mol. The van der Waals surface area contributed by atoms with Gasteiger partial charge in [0.1, 0.15) is 0 Å². The van der Waals surface area contributed by atoms with Gasteiger partial charge in [-0.2, -0.15) is 18.1 Å². The van der Waals surface area contributed by atoms with Gasteiger partial charge in [0.2, 0.25) is 0 Å². The van der Waals surface area contributed by atoms with Gasteiger partial charge >= 0.3 is 6.18 Å². The fraction of sp³-hybridized carbons (Fsp3) is 0.778. The van der Waals surface area contributed by atoms with Crippen LogP contribution in [-0.2, 0) is 0 Å². The molecule has 1 saturated heterocycles. The highest BCUT2D eigenvalue weighted by molar-refractivity contribution is 8.17. The van der Waals surface area contributed by atoms with E-state index in [9.17, 15) is 23.2 Å². The minimum atomic E-state index is -4.38. The van der Waals surface area contributed by atoms with Crippen molar-refractivity contribution in [1.29, 1.82) is 0 Å². The molecular formula is C18H24ClF3N2O2S2. The molecular weight excluding hydrogens is 433 g/mol. The van der Waals surface area contributed by atoms with Crippen molar-refractivity contribution >= 4 is 35.3 Å². The first-order chi connectivity index (χ1) is 13.2. The van der Waals surface area contributed by atoms with E-state index < -0.39 is 18.2 Å². The first-order valence-corrected chi connectivity index (χ1v) is 11.6. The van der Waals surface area contributed by atoms with E-state index in [-0.39, 0.29) is 45.9 Å². The number of nitroso groups, excluding NO2 is 1. The molecule has 10 heteroatoms. The van der Waals surface area contributed by atoms with Gasteiger partial charge in [-0.1, -0.05) is 30.3 Å². The van der Waals surface area contributed by atoms with Crippen LogP contribution in [0.15, 0.2) is 29.1 Å². The predicted octanol–water partition coefficient (Wildman–Crippen LogP) is 5.43. The first kappa shape index (κ1) is 22.3. The number of allylic oxidation sites excluding steroid dienone is 2. The lowest BCUT2D eigenvalue weighted by molar-refractivity contribution is -0.200. The Labute approximate surface area is 176 Å². The summed E-state index contributed by atoms with van der Waals surface area (Å²) in [6, 6.07) is -0.218. The maximum Gasteiger partial charge on any atom is 0.394 e. The SMILES string of the molecule is CC1C=CC(C2CC(SNC3=CCC(C(F)(F)F)C(O)C3)SC2Cl)CC1N=O. The van der Waals surface area contributed by atoms with Crippen LogP contribution in [0, 0.1) is 28.6 Å². The van der Waals surface area contributed by atoms with Crippen molar-refractivity contribution < 1.29 is 18.3 Å². The third kappa shape index (κ3) is 5.21. The van der Waals surface area contributed by atoms with Crippen LogP contribution in [0.3, 0.4) is 0 Å². The van der Waals surface area contributed by atoms with Crippen LogP contribution in [0.4, 0.5) is 13.2 Å². The Balaban J connectivity index is 1.51. The Morgan fingerprint density at radius 3 is 2.75 bits per heavy atom. The third-order valence-corrected chi connectivity index (χ3v) is 9.00. The van der Waals surface area contributed by atoms with Crippen molar-refractivity contribution in [3.8, 4) is 0 Å². The smallest absolute Gasteiger partial charge is 0.392 e. The summed E-state index contributed by atoms with van der Waals surface area (Å²) < 4.78 is 41.7. The number of halogens is 4. The van der Waals surface area contributed by atoms with Gasteiger partial charge in [0, 0.05) is 12.1 Å². The zero-order valence-corrected chi connectivity index (χ0v) is 17.7. The van der Waals surface area contributed by atoms with E-state index in [0.717, 1.165) is 6.42 Å². The molecule has 0 spiro atoms. The molecule has 2 N–H and O–H groups in total. The van der Waals surface area contributed by atoms with Gasteiger partial charge in [-0.15, -0.1) is 23.4 Å². The van der Waals surface area contributed by atoms with Crippen molar-refractivity contribution in [3.63, 3.8) is 0 Å². The molecule has 0 radical (unpaired) electrons. The molecule has 0 aromatic carbocycles.